The van der Waals surface area contributed by atoms with Crippen LogP contribution in [0.25, 0.3) is 0 Å². The first-order valence-electron chi connectivity index (χ1n) is 4.19. The molecule has 78 valence electrons. The zero-order chi connectivity index (χ0) is 10.9. The first-order valence-corrected chi connectivity index (χ1v) is 4.19. The first-order chi connectivity index (χ1) is 6.37. The molecule has 0 aromatic heterocycles. The van der Waals surface area contributed by atoms with Crippen molar-refractivity contribution in [1.29, 1.82) is 0 Å². The zero-order valence-corrected chi connectivity index (χ0v) is 7.89. The van der Waals surface area contributed by atoms with Gasteiger partial charge in [-0.1, -0.05) is 12.1 Å². The lowest BCUT2D eigenvalue weighted by Gasteiger charge is -2.20. The molecule has 0 aliphatic heterocycles. The van der Waals surface area contributed by atoms with Crippen molar-refractivity contribution in [3.63, 3.8) is 0 Å². The molecule has 0 unspecified atom stereocenters. The van der Waals surface area contributed by atoms with Gasteiger partial charge in [-0.2, -0.15) is 8.78 Å². The van der Waals surface area contributed by atoms with Crippen molar-refractivity contribution in [2.24, 2.45) is 0 Å². The largest absolute Gasteiger partial charge is 0.387 e. The smallest absolute Gasteiger partial charge is 0.301 e. The lowest BCUT2D eigenvalue weighted by molar-refractivity contribution is -0.108. The second kappa shape index (κ2) is 3.61. The Balaban J connectivity index is 3.26. The maximum atomic E-state index is 13.3. The summed E-state index contributed by atoms with van der Waals surface area (Å²) < 4.78 is 39.7. The minimum atomic E-state index is -3.55. The SMILES string of the molecule is Cc1cccc(C(F)(F)[C@H](C)O)c1F. The summed E-state index contributed by atoms with van der Waals surface area (Å²) in [6.07, 6.45) is -1.90. The van der Waals surface area contributed by atoms with E-state index in [4.69, 9.17) is 5.11 Å². The molecule has 1 aromatic carbocycles. The molecule has 0 saturated heterocycles. The predicted molar refractivity (Wildman–Crippen MR) is 46.7 cm³/mol. The lowest BCUT2D eigenvalue weighted by atomic mass is 10.0. The standard InChI is InChI=1S/C10H11F3O/c1-6-4-3-5-8(9(6)11)10(12,13)7(2)14/h3-5,7,14H,1-2H3/t7-/m0/s1. The lowest BCUT2D eigenvalue weighted by Crippen LogP contribution is -2.29. The van der Waals surface area contributed by atoms with Crippen LogP contribution in [0.4, 0.5) is 13.2 Å². The number of alkyl halides is 2. The monoisotopic (exact) mass is 204 g/mol. The molecule has 0 heterocycles. The summed E-state index contributed by atoms with van der Waals surface area (Å²) in [5.74, 6) is -4.51. The van der Waals surface area contributed by atoms with Gasteiger partial charge in [0.05, 0.1) is 5.56 Å². The van der Waals surface area contributed by atoms with E-state index in [-0.39, 0.29) is 5.56 Å². The predicted octanol–water partition coefficient (Wildman–Crippen LogP) is 2.61. The minimum absolute atomic E-state index is 0.142. The molecule has 0 radical (unpaired) electrons. The molecule has 1 aromatic rings. The highest BCUT2D eigenvalue weighted by atomic mass is 19.3. The number of rotatable bonds is 2. The highest BCUT2D eigenvalue weighted by molar-refractivity contribution is 5.29. The fraction of sp³-hybridized carbons (Fsp3) is 0.400. The summed E-state index contributed by atoms with van der Waals surface area (Å²) in [5, 5.41) is 8.83. The molecule has 4 heteroatoms. The highest BCUT2D eigenvalue weighted by Crippen LogP contribution is 2.34. The molecule has 14 heavy (non-hydrogen) atoms. The van der Waals surface area contributed by atoms with Crippen molar-refractivity contribution >= 4 is 0 Å². The van der Waals surface area contributed by atoms with Gasteiger partial charge in [0.2, 0.25) is 0 Å². The van der Waals surface area contributed by atoms with Gasteiger partial charge in [-0.15, -0.1) is 0 Å². The van der Waals surface area contributed by atoms with Crippen LogP contribution in [0.2, 0.25) is 0 Å². The Morgan fingerprint density at radius 2 is 1.93 bits per heavy atom. The number of halogens is 3. The maximum absolute atomic E-state index is 13.3. The number of aliphatic hydroxyl groups is 1. The van der Waals surface area contributed by atoms with E-state index in [1.807, 2.05) is 0 Å². The van der Waals surface area contributed by atoms with E-state index in [9.17, 15) is 13.2 Å². The minimum Gasteiger partial charge on any atom is -0.387 e. The van der Waals surface area contributed by atoms with Crippen molar-refractivity contribution in [1.82, 2.24) is 0 Å². The third kappa shape index (κ3) is 1.75. The quantitative estimate of drug-likeness (QED) is 0.785. The van der Waals surface area contributed by atoms with Crippen LogP contribution in [-0.2, 0) is 5.92 Å². The average Bonchev–Trinajstić information content (AvgIpc) is 2.09. The van der Waals surface area contributed by atoms with Gasteiger partial charge in [0.25, 0.3) is 0 Å². The fourth-order valence-corrected chi connectivity index (χ4v) is 1.13. The first kappa shape index (κ1) is 11.0. The van der Waals surface area contributed by atoms with Crippen molar-refractivity contribution in [3.8, 4) is 0 Å². The number of aliphatic hydroxyl groups excluding tert-OH is 1. The Kier molecular flexibility index (Phi) is 2.85. The van der Waals surface area contributed by atoms with Gasteiger partial charge in [-0.25, -0.2) is 4.39 Å². The van der Waals surface area contributed by atoms with Crippen LogP contribution in [0, 0.1) is 12.7 Å². The van der Waals surface area contributed by atoms with Gasteiger partial charge in [0.1, 0.15) is 11.9 Å². The molecule has 0 amide bonds. The van der Waals surface area contributed by atoms with E-state index in [0.29, 0.717) is 0 Å². The van der Waals surface area contributed by atoms with E-state index in [2.05, 4.69) is 0 Å². The van der Waals surface area contributed by atoms with Gasteiger partial charge >= 0.3 is 5.92 Å². The Bertz CT molecular complexity index is 334. The summed E-state index contributed by atoms with van der Waals surface area (Å²) in [6.45, 7) is 2.33. The van der Waals surface area contributed by atoms with E-state index >= 15 is 0 Å². The third-order valence-electron chi connectivity index (χ3n) is 2.08. The maximum Gasteiger partial charge on any atom is 0.301 e. The van der Waals surface area contributed by atoms with E-state index < -0.39 is 23.4 Å². The second-order valence-electron chi connectivity index (χ2n) is 3.24. The summed E-state index contributed by atoms with van der Waals surface area (Å²) in [6, 6.07) is 3.72. The van der Waals surface area contributed by atoms with Gasteiger partial charge < -0.3 is 5.11 Å². The van der Waals surface area contributed by atoms with Crippen LogP contribution in [0.15, 0.2) is 18.2 Å². The topological polar surface area (TPSA) is 20.2 Å². The molecule has 1 nitrogen and oxygen atoms in total. The van der Waals surface area contributed by atoms with Crippen LogP contribution in [0.5, 0.6) is 0 Å². The van der Waals surface area contributed by atoms with Gasteiger partial charge in [0.15, 0.2) is 0 Å². The Morgan fingerprint density at radius 3 is 2.43 bits per heavy atom. The third-order valence-corrected chi connectivity index (χ3v) is 2.08. The van der Waals surface area contributed by atoms with Gasteiger partial charge in [0, 0.05) is 0 Å². The molecule has 1 atom stereocenters. The van der Waals surface area contributed by atoms with Crippen LogP contribution >= 0.6 is 0 Å². The van der Waals surface area contributed by atoms with Crippen molar-refractivity contribution in [3.05, 3.63) is 35.1 Å². The molecule has 0 aliphatic rings. The molecule has 0 bridgehead atoms. The second-order valence-corrected chi connectivity index (χ2v) is 3.24. The molecule has 1 rings (SSSR count). The van der Waals surface area contributed by atoms with Gasteiger partial charge in [-0.3, -0.25) is 0 Å². The summed E-state index contributed by atoms with van der Waals surface area (Å²) in [7, 11) is 0. The Hall–Kier alpha value is -1.03. The number of hydrogen-bond acceptors (Lipinski definition) is 1. The zero-order valence-electron chi connectivity index (χ0n) is 7.89. The van der Waals surface area contributed by atoms with Gasteiger partial charge in [-0.05, 0) is 25.5 Å². The molecule has 0 aliphatic carbocycles. The van der Waals surface area contributed by atoms with Crippen LogP contribution < -0.4 is 0 Å². The normalized spacial score (nSPS) is 14.1. The molecule has 0 spiro atoms. The Labute approximate surface area is 80.2 Å². The average molecular weight is 204 g/mol. The molecule has 0 saturated carbocycles. The van der Waals surface area contributed by atoms with Crippen molar-refractivity contribution in [2.75, 3.05) is 0 Å². The van der Waals surface area contributed by atoms with Crippen molar-refractivity contribution in [2.45, 2.75) is 25.9 Å². The molecular weight excluding hydrogens is 193 g/mol. The fourth-order valence-electron chi connectivity index (χ4n) is 1.13. The Morgan fingerprint density at radius 1 is 1.36 bits per heavy atom. The van der Waals surface area contributed by atoms with E-state index in [1.54, 1.807) is 0 Å². The van der Waals surface area contributed by atoms with Crippen LogP contribution in [0.3, 0.4) is 0 Å². The highest BCUT2D eigenvalue weighted by Gasteiger charge is 2.40. The van der Waals surface area contributed by atoms with Crippen LogP contribution in [-0.4, -0.2) is 11.2 Å². The summed E-state index contributed by atoms with van der Waals surface area (Å²) >= 11 is 0. The molecule has 0 fully saturated rings. The molecule has 1 N–H and O–H groups in total. The van der Waals surface area contributed by atoms with Crippen LogP contribution in [0.1, 0.15) is 18.1 Å². The van der Waals surface area contributed by atoms with E-state index in [1.165, 1.54) is 19.1 Å². The van der Waals surface area contributed by atoms with Crippen molar-refractivity contribution < 1.29 is 18.3 Å². The molecular formula is C10H11F3O. The summed E-state index contributed by atoms with van der Waals surface area (Å²) in [4.78, 5) is 0. The number of aryl methyl sites for hydroxylation is 1. The summed E-state index contributed by atoms with van der Waals surface area (Å²) in [5.41, 5.74) is -0.615. The number of hydrogen-bond donors (Lipinski definition) is 1. The number of benzene rings is 1. The van der Waals surface area contributed by atoms with E-state index in [0.717, 1.165) is 13.0 Å².